The molecule has 1 rings (SSSR count). The number of carbonyl (C=O) groups is 1. The zero-order valence-electron chi connectivity index (χ0n) is 9.12. The first kappa shape index (κ1) is 13.6. The Bertz CT molecular complexity index is 511. The van der Waals surface area contributed by atoms with Gasteiger partial charge in [0.2, 0.25) is 10.0 Å². The van der Waals surface area contributed by atoms with Crippen LogP contribution in [-0.4, -0.2) is 37.2 Å². The van der Waals surface area contributed by atoms with Gasteiger partial charge < -0.3 is 10.2 Å². The van der Waals surface area contributed by atoms with Crippen molar-refractivity contribution in [1.82, 2.24) is 4.72 Å². The summed E-state index contributed by atoms with van der Waals surface area (Å²) < 4.78 is 25.4. The molecule has 0 spiro atoms. The molecular formula is C10H13NO5S. The predicted octanol–water partition coefficient (Wildman–Crippen LogP) is -0.281. The number of aliphatic hydroxyl groups excluding tert-OH is 1. The topological polar surface area (TPSA) is 104 Å². The van der Waals surface area contributed by atoms with Gasteiger partial charge in [-0.25, -0.2) is 17.9 Å². The van der Waals surface area contributed by atoms with E-state index in [4.69, 9.17) is 10.2 Å². The van der Waals surface area contributed by atoms with E-state index in [1.807, 2.05) is 4.72 Å². The first-order valence-electron chi connectivity index (χ1n) is 4.80. The Balaban J connectivity index is 2.79. The molecule has 1 aromatic rings. The molecule has 1 atom stereocenters. The molecule has 1 aromatic carbocycles. The number of aliphatic hydroxyl groups is 1. The summed E-state index contributed by atoms with van der Waals surface area (Å²) in [4.78, 5) is 10.4. The van der Waals surface area contributed by atoms with Gasteiger partial charge in [0.25, 0.3) is 0 Å². The van der Waals surface area contributed by atoms with E-state index < -0.39 is 28.6 Å². The molecule has 0 aliphatic rings. The normalized spacial score (nSPS) is 13.3. The number of sulfonamides is 1. The second kappa shape index (κ2) is 5.26. The highest BCUT2D eigenvalue weighted by Crippen LogP contribution is 2.10. The maximum Gasteiger partial charge on any atom is 0.333 e. The Morgan fingerprint density at radius 3 is 2.65 bits per heavy atom. The molecule has 0 aliphatic heterocycles. The van der Waals surface area contributed by atoms with Crippen molar-refractivity contribution in [2.45, 2.75) is 17.9 Å². The van der Waals surface area contributed by atoms with Gasteiger partial charge in [-0.2, -0.15) is 0 Å². The van der Waals surface area contributed by atoms with Crippen LogP contribution >= 0.6 is 0 Å². The van der Waals surface area contributed by atoms with Crippen LogP contribution in [0.2, 0.25) is 0 Å². The van der Waals surface area contributed by atoms with E-state index in [-0.39, 0.29) is 4.90 Å². The minimum atomic E-state index is -3.78. The first-order chi connectivity index (χ1) is 7.83. The minimum absolute atomic E-state index is 0.0371. The maximum absolute atomic E-state index is 11.7. The summed E-state index contributed by atoms with van der Waals surface area (Å²) in [6, 6.07) is 6.17. The van der Waals surface area contributed by atoms with E-state index in [1.165, 1.54) is 12.1 Å². The van der Waals surface area contributed by atoms with Crippen LogP contribution in [0, 0.1) is 6.92 Å². The summed E-state index contributed by atoms with van der Waals surface area (Å²) in [6.07, 6.45) is -1.76. The molecule has 0 saturated heterocycles. The fourth-order valence-corrected chi connectivity index (χ4v) is 2.28. The molecule has 94 valence electrons. The molecule has 7 heteroatoms. The SMILES string of the molecule is Cc1cccc(S(=O)(=O)NCC(O)C(=O)O)c1. The number of hydrogen-bond donors (Lipinski definition) is 3. The minimum Gasteiger partial charge on any atom is -0.479 e. The molecule has 0 saturated carbocycles. The van der Waals surface area contributed by atoms with Crippen LogP contribution in [0.15, 0.2) is 29.2 Å². The number of nitrogens with one attached hydrogen (secondary N) is 1. The average molecular weight is 259 g/mol. The summed E-state index contributed by atoms with van der Waals surface area (Å²) in [5.41, 5.74) is 0.770. The third-order valence-corrected chi connectivity index (χ3v) is 3.47. The Morgan fingerprint density at radius 2 is 2.12 bits per heavy atom. The van der Waals surface area contributed by atoms with Crippen LogP contribution in [-0.2, 0) is 14.8 Å². The zero-order valence-corrected chi connectivity index (χ0v) is 9.94. The lowest BCUT2D eigenvalue weighted by atomic mass is 10.2. The molecule has 0 aromatic heterocycles. The number of aliphatic carboxylic acids is 1. The van der Waals surface area contributed by atoms with Gasteiger partial charge in [0.1, 0.15) is 0 Å². The van der Waals surface area contributed by atoms with Crippen molar-refractivity contribution >= 4 is 16.0 Å². The molecule has 0 fully saturated rings. The highest BCUT2D eigenvalue weighted by Gasteiger charge is 2.19. The number of rotatable bonds is 5. The second-order valence-electron chi connectivity index (χ2n) is 3.52. The molecule has 3 N–H and O–H groups in total. The Hall–Kier alpha value is -1.44. The molecule has 1 unspecified atom stereocenters. The van der Waals surface area contributed by atoms with Crippen LogP contribution in [0.5, 0.6) is 0 Å². The van der Waals surface area contributed by atoms with Crippen molar-refractivity contribution in [3.63, 3.8) is 0 Å². The number of carboxylic acids is 1. The highest BCUT2D eigenvalue weighted by molar-refractivity contribution is 7.89. The lowest BCUT2D eigenvalue weighted by molar-refractivity contribution is -0.146. The van der Waals surface area contributed by atoms with E-state index in [9.17, 15) is 13.2 Å². The molecule has 0 aliphatic carbocycles. The van der Waals surface area contributed by atoms with Gasteiger partial charge in [0.15, 0.2) is 6.10 Å². The lowest BCUT2D eigenvalue weighted by Gasteiger charge is -2.09. The third-order valence-electron chi connectivity index (χ3n) is 2.05. The molecule has 0 radical (unpaired) electrons. The van der Waals surface area contributed by atoms with Gasteiger partial charge in [0, 0.05) is 6.54 Å². The number of aryl methyl sites for hydroxylation is 1. The largest absolute Gasteiger partial charge is 0.479 e. The van der Waals surface area contributed by atoms with Gasteiger partial charge in [-0.1, -0.05) is 12.1 Å². The summed E-state index contributed by atoms with van der Waals surface area (Å²) in [6.45, 7) is 1.18. The molecule has 0 bridgehead atoms. The Morgan fingerprint density at radius 1 is 1.47 bits per heavy atom. The van der Waals surface area contributed by atoms with Crippen molar-refractivity contribution in [3.05, 3.63) is 29.8 Å². The van der Waals surface area contributed by atoms with Crippen molar-refractivity contribution in [3.8, 4) is 0 Å². The van der Waals surface area contributed by atoms with Crippen molar-refractivity contribution in [2.75, 3.05) is 6.54 Å². The van der Waals surface area contributed by atoms with E-state index in [1.54, 1.807) is 19.1 Å². The number of hydrogen-bond acceptors (Lipinski definition) is 4. The van der Waals surface area contributed by atoms with Crippen LogP contribution in [0.3, 0.4) is 0 Å². The van der Waals surface area contributed by atoms with Crippen molar-refractivity contribution < 1.29 is 23.4 Å². The fraction of sp³-hybridized carbons (Fsp3) is 0.300. The molecular weight excluding hydrogens is 246 g/mol. The molecule has 6 nitrogen and oxygen atoms in total. The second-order valence-corrected chi connectivity index (χ2v) is 5.29. The predicted molar refractivity (Wildman–Crippen MR) is 60.0 cm³/mol. The van der Waals surface area contributed by atoms with Crippen LogP contribution in [0.1, 0.15) is 5.56 Å². The Kier molecular flexibility index (Phi) is 4.22. The van der Waals surface area contributed by atoms with E-state index in [2.05, 4.69) is 0 Å². The highest BCUT2D eigenvalue weighted by atomic mass is 32.2. The summed E-state index contributed by atoms with van der Waals surface area (Å²) in [5, 5.41) is 17.4. The Labute approximate surface area is 99.0 Å². The van der Waals surface area contributed by atoms with Crippen molar-refractivity contribution in [2.24, 2.45) is 0 Å². The van der Waals surface area contributed by atoms with Gasteiger partial charge in [0.05, 0.1) is 4.90 Å². The first-order valence-corrected chi connectivity index (χ1v) is 6.28. The quantitative estimate of drug-likeness (QED) is 0.674. The zero-order chi connectivity index (χ0) is 13.1. The summed E-state index contributed by atoms with van der Waals surface area (Å²) >= 11 is 0. The van der Waals surface area contributed by atoms with E-state index in [0.29, 0.717) is 0 Å². The molecule has 0 amide bonds. The van der Waals surface area contributed by atoms with Gasteiger partial charge >= 0.3 is 5.97 Å². The summed E-state index contributed by atoms with van der Waals surface area (Å²) in [7, 11) is -3.78. The monoisotopic (exact) mass is 259 g/mol. The van der Waals surface area contributed by atoms with Gasteiger partial charge in [-0.15, -0.1) is 0 Å². The van der Waals surface area contributed by atoms with Crippen LogP contribution in [0.25, 0.3) is 0 Å². The van der Waals surface area contributed by atoms with Crippen LogP contribution in [0.4, 0.5) is 0 Å². The van der Waals surface area contributed by atoms with Gasteiger partial charge in [-0.05, 0) is 24.6 Å². The fourth-order valence-electron chi connectivity index (χ4n) is 1.14. The smallest absolute Gasteiger partial charge is 0.333 e. The van der Waals surface area contributed by atoms with E-state index in [0.717, 1.165) is 5.56 Å². The van der Waals surface area contributed by atoms with Crippen LogP contribution < -0.4 is 4.72 Å². The van der Waals surface area contributed by atoms with Crippen molar-refractivity contribution in [1.29, 1.82) is 0 Å². The molecule has 17 heavy (non-hydrogen) atoms. The average Bonchev–Trinajstić information content (AvgIpc) is 2.26. The third kappa shape index (κ3) is 3.81. The number of benzene rings is 1. The van der Waals surface area contributed by atoms with E-state index >= 15 is 0 Å². The number of carboxylic acid groups (broad SMARTS) is 1. The summed E-state index contributed by atoms with van der Waals surface area (Å²) in [5.74, 6) is -1.48. The maximum atomic E-state index is 11.7. The lowest BCUT2D eigenvalue weighted by Crippen LogP contribution is -2.36. The van der Waals surface area contributed by atoms with Gasteiger partial charge in [-0.3, -0.25) is 0 Å². The standard InChI is InChI=1S/C10H13NO5S/c1-7-3-2-4-8(5-7)17(15,16)11-6-9(12)10(13)14/h2-5,9,11-12H,6H2,1H3,(H,13,14). The molecule has 0 heterocycles.